The van der Waals surface area contributed by atoms with E-state index < -0.39 is 0 Å². The van der Waals surface area contributed by atoms with Crippen molar-refractivity contribution >= 4 is 21.8 Å². The maximum Gasteiger partial charge on any atom is 0.289 e. The quantitative estimate of drug-likeness (QED) is 0.752. The standard InChI is InChI=1S/C13H20BrNO2/c1-4-11(5-2)15(9-8-14)13(16)12-7-6-10(3)17-12/h6-7,11H,4-5,8-9H2,1-3H3. The van der Waals surface area contributed by atoms with Crippen molar-refractivity contribution in [1.29, 1.82) is 0 Å². The van der Waals surface area contributed by atoms with Gasteiger partial charge in [0.2, 0.25) is 0 Å². The third kappa shape index (κ3) is 3.60. The van der Waals surface area contributed by atoms with Gasteiger partial charge in [0, 0.05) is 17.9 Å². The summed E-state index contributed by atoms with van der Waals surface area (Å²) in [6.45, 7) is 6.78. The summed E-state index contributed by atoms with van der Waals surface area (Å²) in [5, 5.41) is 0.787. The third-order valence-electron chi connectivity index (χ3n) is 2.92. The zero-order chi connectivity index (χ0) is 12.8. The number of aryl methyl sites for hydroxylation is 1. The van der Waals surface area contributed by atoms with Crippen LogP contribution in [0.15, 0.2) is 16.5 Å². The van der Waals surface area contributed by atoms with Gasteiger partial charge in [0.15, 0.2) is 5.76 Å². The SMILES string of the molecule is CCC(CC)N(CCBr)C(=O)c1ccc(C)o1. The Bertz CT molecular complexity index is 358. The van der Waals surface area contributed by atoms with Crippen LogP contribution >= 0.6 is 15.9 Å². The molecule has 96 valence electrons. The molecule has 0 fully saturated rings. The van der Waals surface area contributed by atoms with Crippen LogP contribution in [0.5, 0.6) is 0 Å². The van der Waals surface area contributed by atoms with E-state index in [2.05, 4.69) is 29.8 Å². The zero-order valence-corrected chi connectivity index (χ0v) is 12.3. The number of hydrogen-bond acceptors (Lipinski definition) is 2. The summed E-state index contributed by atoms with van der Waals surface area (Å²) in [6, 6.07) is 3.86. The summed E-state index contributed by atoms with van der Waals surface area (Å²) in [4.78, 5) is 14.2. The Morgan fingerprint density at radius 3 is 2.47 bits per heavy atom. The summed E-state index contributed by atoms with van der Waals surface area (Å²) in [7, 11) is 0. The number of nitrogens with zero attached hydrogens (tertiary/aromatic N) is 1. The predicted molar refractivity (Wildman–Crippen MR) is 72.6 cm³/mol. The molecule has 0 aliphatic heterocycles. The lowest BCUT2D eigenvalue weighted by Crippen LogP contribution is -2.40. The van der Waals surface area contributed by atoms with Crippen LogP contribution in [0.2, 0.25) is 0 Å². The van der Waals surface area contributed by atoms with E-state index >= 15 is 0 Å². The van der Waals surface area contributed by atoms with Gasteiger partial charge in [0.05, 0.1) is 0 Å². The number of carbonyl (C=O) groups is 1. The first-order valence-electron chi connectivity index (χ1n) is 6.07. The van der Waals surface area contributed by atoms with Crippen molar-refractivity contribution in [3.8, 4) is 0 Å². The van der Waals surface area contributed by atoms with Crippen molar-refractivity contribution < 1.29 is 9.21 Å². The molecule has 0 aromatic carbocycles. The summed E-state index contributed by atoms with van der Waals surface area (Å²) >= 11 is 3.40. The third-order valence-corrected chi connectivity index (χ3v) is 3.28. The Morgan fingerprint density at radius 1 is 1.41 bits per heavy atom. The van der Waals surface area contributed by atoms with Crippen LogP contribution in [0.25, 0.3) is 0 Å². The van der Waals surface area contributed by atoms with Crippen LogP contribution in [0, 0.1) is 6.92 Å². The van der Waals surface area contributed by atoms with Crippen LogP contribution in [-0.2, 0) is 0 Å². The largest absolute Gasteiger partial charge is 0.456 e. The van der Waals surface area contributed by atoms with E-state index in [1.165, 1.54) is 0 Å². The molecule has 0 N–H and O–H groups in total. The molecule has 0 saturated heterocycles. The first-order chi connectivity index (χ1) is 8.13. The van der Waals surface area contributed by atoms with Gasteiger partial charge in [0.25, 0.3) is 5.91 Å². The minimum Gasteiger partial charge on any atom is -0.456 e. The average molecular weight is 302 g/mol. The van der Waals surface area contributed by atoms with Gasteiger partial charge < -0.3 is 9.32 Å². The second kappa shape index (κ2) is 6.84. The Morgan fingerprint density at radius 2 is 2.06 bits per heavy atom. The number of carbonyl (C=O) groups excluding carboxylic acids is 1. The number of hydrogen-bond donors (Lipinski definition) is 0. The van der Waals surface area contributed by atoms with Crippen molar-refractivity contribution in [3.05, 3.63) is 23.7 Å². The lowest BCUT2D eigenvalue weighted by atomic mass is 10.1. The molecule has 1 rings (SSSR count). The van der Waals surface area contributed by atoms with Crippen molar-refractivity contribution in [3.63, 3.8) is 0 Å². The minimum atomic E-state index is -0.00810. The van der Waals surface area contributed by atoms with Gasteiger partial charge in [-0.05, 0) is 31.9 Å². The van der Waals surface area contributed by atoms with Crippen molar-refractivity contribution in [2.45, 2.75) is 39.7 Å². The Hall–Kier alpha value is -0.770. The van der Waals surface area contributed by atoms with Gasteiger partial charge in [-0.3, -0.25) is 4.79 Å². The molecule has 1 aromatic rings. The molecule has 4 heteroatoms. The summed E-state index contributed by atoms with van der Waals surface area (Å²) < 4.78 is 5.41. The van der Waals surface area contributed by atoms with E-state index in [9.17, 15) is 4.79 Å². The molecule has 0 radical (unpaired) electrons. The maximum absolute atomic E-state index is 12.3. The number of rotatable bonds is 6. The first-order valence-corrected chi connectivity index (χ1v) is 7.19. The highest BCUT2D eigenvalue weighted by Gasteiger charge is 2.23. The van der Waals surface area contributed by atoms with Gasteiger partial charge in [0.1, 0.15) is 5.76 Å². The van der Waals surface area contributed by atoms with E-state index in [-0.39, 0.29) is 11.9 Å². The molecule has 0 aliphatic rings. The first kappa shape index (κ1) is 14.3. The van der Waals surface area contributed by atoms with E-state index in [0.717, 1.165) is 23.9 Å². The molecule has 0 saturated carbocycles. The van der Waals surface area contributed by atoms with Crippen molar-refractivity contribution in [2.75, 3.05) is 11.9 Å². The summed E-state index contributed by atoms with van der Waals surface area (Å²) in [6.07, 6.45) is 1.93. The zero-order valence-electron chi connectivity index (χ0n) is 10.7. The second-order valence-corrected chi connectivity index (χ2v) is 4.86. The molecule has 1 amide bonds. The molecular formula is C13H20BrNO2. The molecule has 1 heterocycles. The fourth-order valence-corrected chi connectivity index (χ4v) is 2.34. The Kier molecular flexibility index (Phi) is 5.75. The predicted octanol–water partition coefficient (Wildman–Crippen LogP) is 3.61. The second-order valence-electron chi connectivity index (χ2n) is 4.07. The average Bonchev–Trinajstić information content (AvgIpc) is 2.75. The van der Waals surface area contributed by atoms with Gasteiger partial charge in [-0.15, -0.1) is 0 Å². The number of furan rings is 1. The smallest absolute Gasteiger partial charge is 0.289 e. The number of halogens is 1. The van der Waals surface area contributed by atoms with E-state index in [0.29, 0.717) is 12.3 Å². The van der Waals surface area contributed by atoms with E-state index in [4.69, 9.17) is 4.42 Å². The van der Waals surface area contributed by atoms with E-state index in [1.807, 2.05) is 17.9 Å². The normalized spacial score (nSPS) is 10.9. The molecule has 0 bridgehead atoms. The van der Waals surface area contributed by atoms with Crippen molar-refractivity contribution in [2.24, 2.45) is 0 Å². The van der Waals surface area contributed by atoms with Gasteiger partial charge >= 0.3 is 0 Å². The monoisotopic (exact) mass is 301 g/mol. The molecule has 0 unspecified atom stereocenters. The molecule has 17 heavy (non-hydrogen) atoms. The Labute approximate surface area is 111 Å². The van der Waals surface area contributed by atoms with Crippen LogP contribution < -0.4 is 0 Å². The fourth-order valence-electron chi connectivity index (χ4n) is 1.96. The molecule has 0 spiro atoms. The number of amides is 1. The maximum atomic E-state index is 12.3. The van der Waals surface area contributed by atoms with Crippen molar-refractivity contribution in [1.82, 2.24) is 4.90 Å². The Balaban J connectivity index is 2.86. The summed E-state index contributed by atoms with van der Waals surface area (Å²) in [5.41, 5.74) is 0. The van der Waals surface area contributed by atoms with Gasteiger partial charge in [-0.1, -0.05) is 29.8 Å². The fraction of sp³-hybridized carbons (Fsp3) is 0.615. The van der Waals surface area contributed by atoms with Gasteiger partial charge in [-0.25, -0.2) is 0 Å². The van der Waals surface area contributed by atoms with Crippen LogP contribution in [0.3, 0.4) is 0 Å². The lowest BCUT2D eigenvalue weighted by molar-refractivity contribution is 0.0649. The molecule has 3 nitrogen and oxygen atoms in total. The number of alkyl halides is 1. The van der Waals surface area contributed by atoms with E-state index in [1.54, 1.807) is 6.07 Å². The molecule has 0 aliphatic carbocycles. The highest BCUT2D eigenvalue weighted by atomic mass is 79.9. The molecular weight excluding hydrogens is 282 g/mol. The lowest BCUT2D eigenvalue weighted by Gasteiger charge is -2.29. The topological polar surface area (TPSA) is 33.5 Å². The minimum absolute atomic E-state index is 0.00810. The highest BCUT2D eigenvalue weighted by Crippen LogP contribution is 2.15. The van der Waals surface area contributed by atoms with Crippen LogP contribution in [0.1, 0.15) is 43.0 Å². The highest BCUT2D eigenvalue weighted by molar-refractivity contribution is 9.09. The summed E-state index contributed by atoms with van der Waals surface area (Å²) in [5.74, 6) is 1.21. The van der Waals surface area contributed by atoms with Gasteiger partial charge in [-0.2, -0.15) is 0 Å². The van der Waals surface area contributed by atoms with Crippen LogP contribution in [0.4, 0.5) is 0 Å². The van der Waals surface area contributed by atoms with Crippen LogP contribution in [-0.4, -0.2) is 28.7 Å². The molecule has 0 atom stereocenters. The molecule has 1 aromatic heterocycles.